The van der Waals surface area contributed by atoms with Crippen molar-refractivity contribution in [3.63, 3.8) is 0 Å². The van der Waals surface area contributed by atoms with Crippen molar-refractivity contribution in [2.75, 3.05) is 18.8 Å². The molecule has 0 bridgehead atoms. The largest absolute Gasteiger partial charge is 0.398 e. The monoisotopic (exact) mass is 206 g/mol. The topological polar surface area (TPSA) is 29.3 Å². The summed E-state index contributed by atoms with van der Waals surface area (Å²) in [6.45, 7) is 2.08. The Morgan fingerprint density at radius 2 is 2.07 bits per heavy atom. The van der Waals surface area contributed by atoms with Crippen molar-refractivity contribution in [2.24, 2.45) is 0 Å². The molecule has 1 heterocycles. The highest BCUT2D eigenvalue weighted by atomic mass is 31.0. The second-order valence-corrected chi connectivity index (χ2v) is 4.29. The van der Waals surface area contributed by atoms with Crippen molar-refractivity contribution in [1.29, 1.82) is 0 Å². The van der Waals surface area contributed by atoms with Gasteiger partial charge in [0.15, 0.2) is 0 Å². The van der Waals surface area contributed by atoms with Gasteiger partial charge in [0, 0.05) is 24.3 Å². The van der Waals surface area contributed by atoms with Crippen LogP contribution in [0.2, 0.25) is 0 Å². The number of nitrogens with two attached hydrogens (primary N) is 1. The third kappa shape index (κ3) is 1.97. The van der Waals surface area contributed by atoms with Crippen LogP contribution in [0.1, 0.15) is 12.0 Å². The first kappa shape index (κ1) is 9.70. The van der Waals surface area contributed by atoms with Gasteiger partial charge in [-0.3, -0.25) is 4.67 Å². The van der Waals surface area contributed by atoms with Gasteiger partial charge in [-0.1, -0.05) is 33.7 Å². The molecule has 0 aromatic heterocycles. The van der Waals surface area contributed by atoms with Crippen molar-refractivity contribution in [3.8, 4) is 0 Å². The number of hydrogen-bond donors (Lipinski definition) is 1. The Morgan fingerprint density at radius 1 is 1.29 bits per heavy atom. The smallest absolute Gasteiger partial charge is 0.0390 e. The molecule has 2 N–H and O–H groups in total. The maximum absolute atomic E-state index is 5.93. The van der Waals surface area contributed by atoms with E-state index < -0.39 is 0 Å². The van der Waals surface area contributed by atoms with Crippen molar-refractivity contribution < 1.29 is 0 Å². The Morgan fingerprint density at radius 3 is 2.71 bits per heavy atom. The lowest BCUT2D eigenvalue weighted by atomic mass is 9.99. The van der Waals surface area contributed by atoms with Crippen LogP contribution in [0.3, 0.4) is 0 Å². The first-order valence-electron chi connectivity index (χ1n) is 4.81. The van der Waals surface area contributed by atoms with Crippen LogP contribution >= 0.6 is 9.39 Å². The van der Waals surface area contributed by atoms with Gasteiger partial charge in [0.05, 0.1) is 0 Å². The van der Waals surface area contributed by atoms with Crippen LogP contribution in [0.15, 0.2) is 30.3 Å². The van der Waals surface area contributed by atoms with E-state index >= 15 is 0 Å². The predicted octanol–water partition coefficient (Wildman–Crippen LogP) is 2.15. The normalized spacial score (nSPS) is 17.9. The molecule has 1 atom stereocenters. The molecule has 0 amide bonds. The molecule has 1 aliphatic rings. The van der Waals surface area contributed by atoms with Crippen LogP contribution < -0.4 is 5.73 Å². The Labute approximate surface area is 87.0 Å². The molecular weight excluding hydrogens is 191 g/mol. The number of rotatable bonds is 1. The fraction of sp³-hybridized carbons (Fsp3) is 0.273. The minimum absolute atomic E-state index is 0.885. The molecule has 0 radical (unpaired) electrons. The molecule has 14 heavy (non-hydrogen) atoms. The Bertz CT molecular complexity index is 360. The highest BCUT2D eigenvalue weighted by Gasteiger charge is 2.10. The molecule has 74 valence electrons. The molecular formula is C11H15N2P. The van der Waals surface area contributed by atoms with E-state index in [-0.39, 0.29) is 0 Å². The lowest BCUT2D eigenvalue weighted by molar-refractivity contribution is 0.515. The lowest BCUT2D eigenvalue weighted by Gasteiger charge is -2.22. The van der Waals surface area contributed by atoms with E-state index in [1.807, 2.05) is 18.2 Å². The minimum atomic E-state index is 0.885. The highest BCUT2D eigenvalue weighted by molar-refractivity contribution is 7.13. The molecule has 0 fully saturated rings. The Kier molecular flexibility index (Phi) is 2.85. The average Bonchev–Trinajstić information content (AvgIpc) is 2.20. The van der Waals surface area contributed by atoms with E-state index in [4.69, 9.17) is 5.73 Å². The van der Waals surface area contributed by atoms with Crippen LogP contribution in [0.5, 0.6) is 0 Å². The molecule has 1 unspecified atom stereocenters. The summed E-state index contributed by atoms with van der Waals surface area (Å²) >= 11 is 0. The molecule has 1 aliphatic heterocycles. The third-order valence-corrected chi connectivity index (χ3v) is 3.02. The van der Waals surface area contributed by atoms with Gasteiger partial charge in [-0.05, 0) is 18.1 Å². The van der Waals surface area contributed by atoms with Crippen molar-refractivity contribution in [3.05, 3.63) is 35.9 Å². The molecule has 0 spiro atoms. The van der Waals surface area contributed by atoms with E-state index in [9.17, 15) is 0 Å². The van der Waals surface area contributed by atoms with Crippen molar-refractivity contribution in [2.45, 2.75) is 6.42 Å². The average molecular weight is 206 g/mol. The van der Waals surface area contributed by atoms with Crippen LogP contribution in [-0.2, 0) is 0 Å². The summed E-state index contributed by atoms with van der Waals surface area (Å²) in [4.78, 5) is 0. The first-order valence-corrected chi connectivity index (χ1v) is 5.32. The number of para-hydroxylation sites is 1. The summed E-state index contributed by atoms with van der Waals surface area (Å²) in [6.07, 6.45) is 3.33. The van der Waals surface area contributed by atoms with Gasteiger partial charge in [0.25, 0.3) is 0 Å². The maximum atomic E-state index is 5.93. The molecule has 2 nitrogen and oxygen atoms in total. The van der Waals surface area contributed by atoms with Gasteiger partial charge >= 0.3 is 0 Å². The highest BCUT2D eigenvalue weighted by Crippen LogP contribution is 2.27. The second-order valence-electron chi connectivity index (χ2n) is 3.56. The van der Waals surface area contributed by atoms with E-state index in [0.29, 0.717) is 0 Å². The number of nitrogens with zero attached hydrogens (tertiary/aromatic N) is 1. The van der Waals surface area contributed by atoms with E-state index in [0.717, 1.165) is 25.2 Å². The molecule has 1 aromatic rings. The summed E-state index contributed by atoms with van der Waals surface area (Å²) in [5.74, 6) is 0. The summed E-state index contributed by atoms with van der Waals surface area (Å²) in [5.41, 5.74) is 9.39. The Balaban J connectivity index is 2.28. The number of benzene rings is 1. The van der Waals surface area contributed by atoms with Gasteiger partial charge in [0.2, 0.25) is 0 Å². The number of nitrogen functional groups attached to an aromatic ring is 1. The summed E-state index contributed by atoms with van der Waals surface area (Å²) in [7, 11) is 2.73. The van der Waals surface area contributed by atoms with Crippen LogP contribution in [0.4, 0.5) is 5.69 Å². The zero-order valence-electron chi connectivity index (χ0n) is 8.11. The van der Waals surface area contributed by atoms with Crippen LogP contribution in [0.25, 0.3) is 5.57 Å². The number of hydrogen-bond acceptors (Lipinski definition) is 2. The van der Waals surface area contributed by atoms with Gasteiger partial charge in [-0.25, -0.2) is 0 Å². The van der Waals surface area contributed by atoms with Gasteiger partial charge in [-0.15, -0.1) is 0 Å². The van der Waals surface area contributed by atoms with E-state index in [1.165, 1.54) is 11.1 Å². The van der Waals surface area contributed by atoms with E-state index in [1.54, 1.807) is 0 Å². The van der Waals surface area contributed by atoms with Gasteiger partial charge < -0.3 is 5.73 Å². The third-order valence-electron chi connectivity index (χ3n) is 2.55. The SMILES string of the molecule is Nc1ccccc1C1=CCN(P)CC1. The first-order chi connectivity index (χ1) is 6.77. The quantitative estimate of drug-likeness (QED) is 0.563. The van der Waals surface area contributed by atoms with Gasteiger partial charge in [-0.2, -0.15) is 0 Å². The molecule has 0 aliphatic carbocycles. The van der Waals surface area contributed by atoms with E-state index in [2.05, 4.69) is 26.2 Å². The zero-order chi connectivity index (χ0) is 9.97. The zero-order valence-corrected chi connectivity index (χ0v) is 9.26. The standard InChI is InChI=1S/C11H15N2P/c12-11-4-2-1-3-10(11)9-5-7-13(14)8-6-9/h1-5H,6-8,12,14H2. The summed E-state index contributed by atoms with van der Waals surface area (Å²) < 4.78 is 2.22. The molecule has 1 aromatic carbocycles. The fourth-order valence-corrected chi connectivity index (χ4v) is 1.95. The van der Waals surface area contributed by atoms with Crippen LogP contribution in [-0.4, -0.2) is 17.8 Å². The number of anilines is 1. The molecule has 0 saturated heterocycles. The lowest BCUT2D eigenvalue weighted by Crippen LogP contribution is -2.18. The van der Waals surface area contributed by atoms with Crippen molar-refractivity contribution in [1.82, 2.24) is 4.67 Å². The van der Waals surface area contributed by atoms with Crippen LogP contribution in [0, 0.1) is 0 Å². The second kappa shape index (κ2) is 4.12. The minimum Gasteiger partial charge on any atom is -0.398 e. The summed E-state index contributed by atoms with van der Waals surface area (Å²) in [6, 6.07) is 8.08. The summed E-state index contributed by atoms with van der Waals surface area (Å²) in [5, 5.41) is 0. The molecule has 0 saturated carbocycles. The maximum Gasteiger partial charge on any atom is 0.0390 e. The molecule has 2 rings (SSSR count). The predicted molar refractivity (Wildman–Crippen MR) is 64.7 cm³/mol. The Hall–Kier alpha value is -0.850. The van der Waals surface area contributed by atoms with Crippen molar-refractivity contribution >= 4 is 20.7 Å². The fourth-order valence-electron chi connectivity index (χ4n) is 1.72. The van der Waals surface area contributed by atoms with Gasteiger partial charge in [0.1, 0.15) is 0 Å². The molecule has 3 heteroatoms.